The molecule has 0 aliphatic carbocycles. The van der Waals surface area contributed by atoms with Crippen LogP contribution in [0.25, 0.3) is 21.5 Å². The number of carbonyl (C=O) groups excluding carboxylic acids is 1. The van der Waals surface area contributed by atoms with Crippen molar-refractivity contribution >= 4 is 33.5 Å². The fourth-order valence-electron chi connectivity index (χ4n) is 2.15. The Kier molecular flexibility index (Phi) is 3.77. The molecule has 2 heterocycles. The summed E-state index contributed by atoms with van der Waals surface area (Å²) in [5, 5.41) is 0.757. The van der Waals surface area contributed by atoms with Crippen LogP contribution in [0.15, 0.2) is 30.3 Å². The summed E-state index contributed by atoms with van der Waals surface area (Å²) < 4.78 is 5.02. The highest BCUT2D eigenvalue weighted by Crippen LogP contribution is 2.33. The van der Waals surface area contributed by atoms with Crippen LogP contribution in [0.2, 0.25) is 0 Å². The van der Waals surface area contributed by atoms with Gasteiger partial charge < -0.3 is 10.5 Å². The minimum Gasteiger partial charge on any atom is -0.462 e. The first-order valence-electron chi connectivity index (χ1n) is 6.68. The summed E-state index contributed by atoms with van der Waals surface area (Å²) in [7, 11) is 0. The van der Waals surface area contributed by atoms with Gasteiger partial charge in [0, 0.05) is 10.9 Å². The van der Waals surface area contributed by atoms with E-state index >= 15 is 0 Å². The summed E-state index contributed by atoms with van der Waals surface area (Å²) in [5.74, 6) is -0.218. The monoisotopic (exact) mass is 311 g/mol. The van der Waals surface area contributed by atoms with Crippen LogP contribution in [0.3, 0.4) is 0 Å². The van der Waals surface area contributed by atoms with E-state index in [1.807, 2.05) is 18.2 Å². The second kappa shape index (κ2) is 5.73. The second-order valence-corrected chi connectivity index (χ2v) is 5.64. The first kappa shape index (κ1) is 14.5. The number of thiophene rings is 1. The molecule has 0 amide bonds. The molecule has 0 saturated heterocycles. The number of hydrogen-bond acceptors (Lipinski definition) is 6. The summed E-state index contributed by atoms with van der Waals surface area (Å²) in [5.41, 5.74) is 7.89. The number of carbonyl (C=O) groups is 1. The van der Waals surface area contributed by atoms with Gasteiger partial charge in [-0.3, -0.25) is 0 Å². The van der Waals surface area contributed by atoms with Crippen LogP contribution < -0.4 is 5.73 Å². The van der Waals surface area contributed by atoms with Gasteiger partial charge in [-0.25, -0.2) is 14.8 Å². The van der Waals surface area contributed by atoms with Crippen molar-refractivity contribution in [2.75, 3.05) is 12.3 Å². The lowest BCUT2D eigenvalue weighted by Crippen LogP contribution is -2.01. The van der Waals surface area contributed by atoms with Crippen LogP contribution in [0.4, 0.5) is 5.95 Å². The van der Waals surface area contributed by atoms with E-state index < -0.39 is 0 Å². The number of rotatable bonds is 3. The van der Waals surface area contributed by atoms with E-state index in [1.54, 1.807) is 19.1 Å². The number of esters is 1. The van der Waals surface area contributed by atoms with Crippen LogP contribution in [-0.4, -0.2) is 22.5 Å². The number of aromatic nitrogens is 2. The Bertz CT molecular complexity index is 858. The molecule has 5 nitrogen and oxygen atoms in total. The van der Waals surface area contributed by atoms with Crippen molar-refractivity contribution in [2.24, 2.45) is 0 Å². The second-order valence-electron chi connectivity index (χ2n) is 4.61. The molecule has 3 rings (SSSR count). The summed E-state index contributed by atoms with van der Waals surface area (Å²) in [6.45, 7) is 7.91. The lowest BCUT2D eigenvalue weighted by atomic mass is 10.1. The van der Waals surface area contributed by atoms with E-state index in [1.165, 1.54) is 11.3 Å². The average molecular weight is 311 g/mol. The van der Waals surface area contributed by atoms with Crippen LogP contribution in [0.1, 0.15) is 22.2 Å². The Labute approximate surface area is 131 Å². The van der Waals surface area contributed by atoms with Crippen molar-refractivity contribution in [2.45, 2.75) is 6.92 Å². The zero-order valence-electron chi connectivity index (χ0n) is 11.9. The fourth-order valence-corrected chi connectivity index (χ4v) is 3.08. The van der Waals surface area contributed by atoms with Crippen LogP contribution >= 0.6 is 11.3 Å². The minimum absolute atomic E-state index is 0.155. The molecular formula is C16H13N3O2S. The zero-order valence-corrected chi connectivity index (χ0v) is 12.7. The molecule has 0 atom stereocenters. The standard InChI is InChI=1S/C16H13N3O2S/c1-3-21-15(20)12-8-11-13(10-6-4-5-9(2)7-10)18-16(17)19-14(11)22-12/h2,4-8H,3H2,1H3,(H2,17,18,19). The van der Waals surface area contributed by atoms with Crippen molar-refractivity contribution in [3.8, 4) is 11.3 Å². The van der Waals surface area contributed by atoms with Gasteiger partial charge in [0.05, 0.1) is 12.3 Å². The molecule has 6 heteroatoms. The summed E-state index contributed by atoms with van der Waals surface area (Å²) in [4.78, 5) is 21.5. The van der Waals surface area contributed by atoms with Crippen molar-refractivity contribution in [1.82, 2.24) is 9.97 Å². The molecule has 2 N–H and O–H groups in total. The van der Waals surface area contributed by atoms with Gasteiger partial charge in [0.1, 0.15) is 9.71 Å². The maximum atomic E-state index is 11.9. The third-order valence-electron chi connectivity index (χ3n) is 3.05. The third kappa shape index (κ3) is 2.65. The van der Waals surface area contributed by atoms with Gasteiger partial charge in [0.15, 0.2) is 0 Å². The van der Waals surface area contributed by atoms with E-state index in [2.05, 4.69) is 9.97 Å². The number of nitrogen functional groups attached to an aromatic ring is 1. The lowest BCUT2D eigenvalue weighted by Gasteiger charge is -2.04. The number of ether oxygens (including phenoxy) is 1. The molecule has 0 saturated carbocycles. The van der Waals surface area contributed by atoms with Crippen LogP contribution in [-0.2, 0) is 4.74 Å². The van der Waals surface area contributed by atoms with Gasteiger partial charge in [-0.1, -0.05) is 18.2 Å². The van der Waals surface area contributed by atoms with E-state index in [9.17, 15) is 4.79 Å². The van der Waals surface area contributed by atoms with Crippen molar-refractivity contribution in [3.05, 3.63) is 47.7 Å². The molecule has 110 valence electrons. The number of hydrogen-bond donors (Lipinski definition) is 1. The highest BCUT2D eigenvalue weighted by atomic mass is 32.1. The molecule has 0 fully saturated rings. The molecule has 0 bridgehead atoms. The van der Waals surface area contributed by atoms with Gasteiger partial charge in [0.2, 0.25) is 5.95 Å². The van der Waals surface area contributed by atoms with E-state index in [4.69, 9.17) is 17.4 Å². The molecule has 0 aliphatic heterocycles. The smallest absolute Gasteiger partial charge is 0.348 e. The molecule has 0 aliphatic rings. The molecule has 2 aromatic heterocycles. The van der Waals surface area contributed by atoms with Crippen LogP contribution in [0, 0.1) is 6.92 Å². The van der Waals surface area contributed by atoms with Crippen molar-refractivity contribution < 1.29 is 9.53 Å². The summed E-state index contributed by atoms with van der Waals surface area (Å²) in [6, 6.07) is 9.06. The summed E-state index contributed by atoms with van der Waals surface area (Å²) >= 11 is 1.24. The molecular weight excluding hydrogens is 298 g/mol. The Morgan fingerprint density at radius 1 is 1.36 bits per heavy atom. The Balaban J connectivity index is 2.19. The van der Waals surface area contributed by atoms with Gasteiger partial charge in [0.25, 0.3) is 0 Å². The van der Waals surface area contributed by atoms with E-state index in [0.717, 1.165) is 10.9 Å². The Morgan fingerprint density at radius 3 is 2.91 bits per heavy atom. The number of fused-ring (bicyclic) bond motifs is 1. The first-order valence-corrected chi connectivity index (χ1v) is 7.50. The van der Waals surface area contributed by atoms with Crippen molar-refractivity contribution in [3.63, 3.8) is 0 Å². The van der Waals surface area contributed by atoms with Gasteiger partial charge in [-0.2, -0.15) is 0 Å². The molecule has 0 unspecified atom stereocenters. The number of nitrogens with two attached hydrogens (primary N) is 1. The van der Waals surface area contributed by atoms with Gasteiger partial charge >= 0.3 is 5.97 Å². The molecule has 1 aromatic carbocycles. The predicted molar refractivity (Wildman–Crippen MR) is 86.6 cm³/mol. The Morgan fingerprint density at radius 2 is 2.18 bits per heavy atom. The first-order chi connectivity index (χ1) is 10.6. The minimum atomic E-state index is -0.373. The third-order valence-corrected chi connectivity index (χ3v) is 4.06. The topological polar surface area (TPSA) is 78.1 Å². The predicted octanol–water partition coefficient (Wildman–Crippen LogP) is 3.18. The van der Waals surface area contributed by atoms with Crippen LogP contribution in [0.5, 0.6) is 0 Å². The normalized spacial score (nSPS) is 10.8. The van der Waals surface area contributed by atoms with E-state index in [0.29, 0.717) is 27.6 Å². The number of nitrogens with zero attached hydrogens (tertiary/aromatic N) is 2. The molecule has 0 spiro atoms. The Hall–Kier alpha value is -2.47. The zero-order chi connectivity index (χ0) is 15.7. The highest BCUT2D eigenvalue weighted by Gasteiger charge is 2.17. The van der Waals surface area contributed by atoms with E-state index in [-0.39, 0.29) is 11.9 Å². The van der Waals surface area contributed by atoms with Crippen molar-refractivity contribution in [1.29, 1.82) is 0 Å². The fraction of sp³-hybridized carbons (Fsp3) is 0.125. The lowest BCUT2D eigenvalue weighted by molar-refractivity contribution is 0.0532. The molecule has 3 aromatic rings. The van der Waals surface area contributed by atoms with Gasteiger partial charge in [-0.05, 0) is 31.5 Å². The number of benzene rings is 1. The molecule has 2 radical (unpaired) electrons. The number of anilines is 1. The largest absolute Gasteiger partial charge is 0.462 e. The highest BCUT2D eigenvalue weighted by molar-refractivity contribution is 7.20. The maximum Gasteiger partial charge on any atom is 0.348 e. The molecule has 22 heavy (non-hydrogen) atoms. The summed E-state index contributed by atoms with van der Waals surface area (Å²) in [6.07, 6.45) is 0. The maximum absolute atomic E-state index is 11.9. The van der Waals surface area contributed by atoms with Gasteiger partial charge in [-0.15, -0.1) is 11.3 Å². The average Bonchev–Trinajstić information content (AvgIpc) is 2.90. The quantitative estimate of drug-likeness (QED) is 0.752. The SMILES string of the molecule is [CH]c1cccc(-c2nc(N)nc3sc(C(=O)OCC)cc23)c1.